The van der Waals surface area contributed by atoms with Gasteiger partial charge in [0.1, 0.15) is 0 Å². The lowest BCUT2D eigenvalue weighted by atomic mass is 9.88. The molecule has 1 amide bonds. The molecule has 9 heteroatoms. The Balaban J connectivity index is 1.77. The van der Waals surface area contributed by atoms with Gasteiger partial charge in [-0.15, -0.1) is 0 Å². The Morgan fingerprint density at radius 2 is 1.84 bits per heavy atom. The van der Waals surface area contributed by atoms with E-state index >= 15 is 0 Å². The van der Waals surface area contributed by atoms with Crippen molar-refractivity contribution in [2.75, 3.05) is 13.1 Å². The Hall–Kier alpha value is -2.62. The minimum absolute atomic E-state index is 0.109. The number of carbonyl (C=O) groups is 1. The lowest BCUT2D eigenvalue weighted by Crippen LogP contribution is -2.37. The van der Waals surface area contributed by atoms with Gasteiger partial charge in [0.25, 0.3) is 10.1 Å². The average molecular weight is 459 g/mol. The predicted octanol–water partition coefficient (Wildman–Crippen LogP) is 3.81. The topological polar surface area (TPSA) is 96.8 Å². The fraction of sp³-hybridized carbons (Fsp3) is 0.318. The summed E-state index contributed by atoms with van der Waals surface area (Å²) in [5, 5.41) is 0.194. The number of pyridine rings is 1. The molecule has 0 spiro atoms. The van der Waals surface area contributed by atoms with Crippen molar-refractivity contribution in [2.45, 2.75) is 37.5 Å². The van der Waals surface area contributed by atoms with Crippen LogP contribution in [0.2, 0.25) is 0 Å². The highest BCUT2D eigenvalue weighted by Gasteiger charge is 2.27. The Morgan fingerprint density at radius 1 is 1.13 bits per heavy atom. The van der Waals surface area contributed by atoms with Gasteiger partial charge in [0.15, 0.2) is 5.05 Å². The number of hydrogen-bond donors (Lipinski definition) is 1. The van der Waals surface area contributed by atoms with Gasteiger partial charge in [-0.2, -0.15) is 8.42 Å². The van der Waals surface area contributed by atoms with E-state index in [-0.39, 0.29) is 9.95 Å². The number of aryl methyl sites for hydroxylation is 2. The van der Waals surface area contributed by atoms with E-state index in [2.05, 4.69) is 4.98 Å². The van der Waals surface area contributed by atoms with Crippen LogP contribution in [-0.2, 0) is 27.7 Å². The summed E-state index contributed by atoms with van der Waals surface area (Å²) in [4.78, 5) is 18.4. The number of fused-ring (bicyclic) bond motifs is 2. The molecule has 0 radical (unpaired) electrons. The van der Waals surface area contributed by atoms with Crippen LogP contribution in [0.5, 0.6) is 0 Å². The van der Waals surface area contributed by atoms with Gasteiger partial charge in [0.05, 0.1) is 10.6 Å². The monoisotopic (exact) mass is 458 g/mol. The number of amides is 1. The zero-order valence-corrected chi connectivity index (χ0v) is 18.6. The highest BCUT2D eigenvalue weighted by molar-refractivity contribution is 7.85. The molecule has 2 heterocycles. The summed E-state index contributed by atoms with van der Waals surface area (Å²) in [6, 6.07) is 8.66. The fourth-order valence-electron chi connectivity index (χ4n) is 4.20. The van der Waals surface area contributed by atoms with Crippen LogP contribution in [0.15, 0.2) is 47.0 Å². The third kappa shape index (κ3) is 4.53. The van der Waals surface area contributed by atoms with Gasteiger partial charge in [-0.1, -0.05) is 17.7 Å². The minimum Gasteiger partial charge on any atom is -0.403 e. The van der Waals surface area contributed by atoms with Crippen LogP contribution in [0.4, 0.5) is 4.79 Å². The molecule has 1 aromatic heterocycles. The third-order valence-corrected chi connectivity index (χ3v) is 6.58. The molecule has 2 aromatic rings. The predicted molar refractivity (Wildman–Crippen MR) is 119 cm³/mol. The number of carbonyl (C=O) groups excluding carboxylic acids is 1. The van der Waals surface area contributed by atoms with Crippen molar-refractivity contribution in [3.05, 3.63) is 64.5 Å². The van der Waals surface area contributed by atoms with E-state index < -0.39 is 16.2 Å². The Labute approximate surface area is 186 Å². The standard InChI is InChI=1S/C22H22N2O5S2/c1-14(30)29-22(25)24-11-8-15(9-12-24)20-19-7-6-18(31(26,27)28)13-17(19)5-4-16-3-2-10-23-21(16)20/h2-3,6-7,10,13H,4-5,8-9,11-12H2,1H3,(H,26,27,28). The van der Waals surface area contributed by atoms with E-state index in [4.69, 9.17) is 17.0 Å². The summed E-state index contributed by atoms with van der Waals surface area (Å²) in [6.45, 7) is 2.57. The summed E-state index contributed by atoms with van der Waals surface area (Å²) in [6.07, 6.45) is 3.97. The van der Waals surface area contributed by atoms with Crippen LogP contribution >= 0.6 is 12.2 Å². The molecule has 1 aromatic carbocycles. The van der Waals surface area contributed by atoms with Gasteiger partial charge in [-0.05, 0) is 72.8 Å². The second-order valence-corrected chi connectivity index (χ2v) is 9.63. The zero-order valence-electron chi connectivity index (χ0n) is 17.0. The molecule has 2 aliphatic rings. The Morgan fingerprint density at radius 3 is 2.52 bits per heavy atom. The van der Waals surface area contributed by atoms with Crippen LogP contribution in [-0.4, -0.2) is 47.1 Å². The summed E-state index contributed by atoms with van der Waals surface area (Å²) in [5.74, 6) is 0. The summed E-state index contributed by atoms with van der Waals surface area (Å²) in [5.41, 5.74) is 5.91. The first-order chi connectivity index (χ1) is 14.7. The maximum absolute atomic E-state index is 12.2. The van der Waals surface area contributed by atoms with Crippen molar-refractivity contribution in [1.29, 1.82) is 0 Å². The molecule has 1 N–H and O–H groups in total. The Kier molecular flexibility index (Phi) is 5.92. The van der Waals surface area contributed by atoms with Gasteiger partial charge < -0.3 is 9.64 Å². The van der Waals surface area contributed by atoms with Crippen molar-refractivity contribution in [2.24, 2.45) is 0 Å². The van der Waals surface area contributed by atoms with Gasteiger partial charge >= 0.3 is 6.09 Å². The van der Waals surface area contributed by atoms with Crippen molar-refractivity contribution in [3.63, 3.8) is 0 Å². The van der Waals surface area contributed by atoms with Crippen molar-refractivity contribution in [1.82, 2.24) is 9.88 Å². The van der Waals surface area contributed by atoms with Crippen LogP contribution < -0.4 is 0 Å². The van der Waals surface area contributed by atoms with Crippen LogP contribution in [0.3, 0.4) is 0 Å². The molecule has 0 unspecified atom stereocenters. The molecule has 1 aliphatic carbocycles. The minimum atomic E-state index is -4.29. The van der Waals surface area contributed by atoms with E-state index in [9.17, 15) is 17.8 Å². The van der Waals surface area contributed by atoms with E-state index in [1.165, 1.54) is 6.07 Å². The number of likely N-dealkylation sites (tertiary alicyclic amines) is 1. The highest BCUT2D eigenvalue weighted by Crippen LogP contribution is 2.38. The third-order valence-electron chi connectivity index (χ3n) is 5.65. The highest BCUT2D eigenvalue weighted by atomic mass is 32.2. The van der Waals surface area contributed by atoms with Crippen LogP contribution in [0.25, 0.3) is 5.57 Å². The summed E-state index contributed by atoms with van der Waals surface area (Å²) < 4.78 is 37.8. The molecule has 0 atom stereocenters. The summed E-state index contributed by atoms with van der Waals surface area (Å²) >= 11 is 4.86. The number of rotatable bonds is 1. The van der Waals surface area contributed by atoms with Gasteiger partial charge in [0, 0.05) is 31.8 Å². The number of thiocarbonyl (C=S) groups is 1. The molecule has 31 heavy (non-hydrogen) atoms. The largest absolute Gasteiger partial charge is 0.415 e. The first kappa shape index (κ1) is 21.6. The molecule has 0 saturated carbocycles. The first-order valence-corrected chi connectivity index (χ1v) is 11.8. The number of piperidine rings is 1. The quantitative estimate of drug-likeness (QED) is 0.513. The zero-order chi connectivity index (χ0) is 22.2. The van der Waals surface area contributed by atoms with Gasteiger partial charge in [-0.25, -0.2) is 4.79 Å². The second-order valence-electron chi connectivity index (χ2n) is 7.63. The molecule has 7 nitrogen and oxygen atoms in total. The molecular formula is C22H22N2O5S2. The SMILES string of the molecule is CC(=S)OC(=O)N1CCC(=C2c3ccc(S(=O)(=O)O)cc3CCc3cccnc32)CC1. The van der Waals surface area contributed by atoms with Crippen molar-refractivity contribution < 1.29 is 22.5 Å². The number of aromatic nitrogens is 1. The van der Waals surface area contributed by atoms with Crippen molar-refractivity contribution >= 4 is 39.1 Å². The van der Waals surface area contributed by atoms with E-state index in [1.54, 1.807) is 30.2 Å². The lowest BCUT2D eigenvalue weighted by Gasteiger charge is -2.29. The normalized spacial score (nSPS) is 16.3. The average Bonchev–Trinajstić information content (AvgIpc) is 2.89. The van der Waals surface area contributed by atoms with Gasteiger partial charge in [0.2, 0.25) is 0 Å². The molecule has 1 fully saturated rings. The molecule has 162 valence electrons. The molecular weight excluding hydrogens is 436 g/mol. The van der Waals surface area contributed by atoms with Crippen LogP contribution in [0.1, 0.15) is 42.1 Å². The molecule has 1 aliphatic heterocycles. The molecule has 4 rings (SSSR count). The Bertz CT molecular complexity index is 1190. The number of benzene rings is 1. The first-order valence-electron chi connectivity index (χ1n) is 9.98. The van der Waals surface area contributed by atoms with Crippen LogP contribution in [0, 0.1) is 0 Å². The number of ether oxygens (including phenoxy) is 1. The molecule has 0 bridgehead atoms. The fourth-order valence-corrected chi connectivity index (χ4v) is 4.80. The summed E-state index contributed by atoms with van der Waals surface area (Å²) in [7, 11) is -4.29. The lowest BCUT2D eigenvalue weighted by molar-refractivity contribution is 0.146. The van der Waals surface area contributed by atoms with Crippen molar-refractivity contribution in [3.8, 4) is 0 Å². The maximum Gasteiger partial charge on any atom is 0.415 e. The smallest absolute Gasteiger partial charge is 0.403 e. The van der Waals surface area contributed by atoms with E-state index in [0.717, 1.165) is 33.5 Å². The maximum atomic E-state index is 12.2. The number of hydrogen-bond acceptors (Lipinski definition) is 6. The second kappa shape index (κ2) is 8.49. The van der Waals surface area contributed by atoms with E-state index in [1.807, 2.05) is 12.1 Å². The van der Waals surface area contributed by atoms with E-state index in [0.29, 0.717) is 38.8 Å². The molecule has 1 saturated heterocycles. The van der Waals surface area contributed by atoms with Gasteiger partial charge in [-0.3, -0.25) is 9.54 Å². The number of nitrogens with zero attached hydrogens (tertiary/aromatic N) is 2.